The summed E-state index contributed by atoms with van der Waals surface area (Å²) in [5.74, 6) is -0.334. The number of nitrogens with one attached hydrogen (secondary N) is 1. The molecule has 3 aromatic rings. The lowest BCUT2D eigenvalue weighted by molar-refractivity contribution is 0.102. The molecule has 1 aliphatic heterocycles. The van der Waals surface area contributed by atoms with Crippen LogP contribution in [0.2, 0.25) is 5.02 Å². The number of anilines is 2. The van der Waals surface area contributed by atoms with Crippen molar-refractivity contribution in [2.75, 3.05) is 36.4 Å². The van der Waals surface area contributed by atoms with E-state index >= 15 is 0 Å². The Bertz CT molecular complexity index is 1240. The van der Waals surface area contributed by atoms with E-state index < -0.39 is 6.09 Å². The van der Waals surface area contributed by atoms with E-state index in [4.69, 9.17) is 16.7 Å². The third kappa shape index (κ3) is 4.61. The number of aromatic nitrogens is 2. The van der Waals surface area contributed by atoms with Crippen molar-refractivity contribution < 1.29 is 14.7 Å². The van der Waals surface area contributed by atoms with Gasteiger partial charge in [0.2, 0.25) is 0 Å². The maximum Gasteiger partial charge on any atom is 0.407 e. The number of amides is 2. The third-order valence-electron chi connectivity index (χ3n) is 5.59. The molecule has 2 aromatic carbocycles. The Balaban J connectivity index is 1.50. The number of nitrogens with zero attached hydrogens (tertiary/aromatic N) is 5. The Morgan fingerprint density at radius 1 is 1.12 bits per heavy atom. The Kier molecular flexibility index (Phi) is 6.20. The Labute approximate surface area is 195 Å². The second-order valence-corrected chi connectivity index (χ2v) is 8.02. The molecular formula is C23H21ClN6O3. The molecule has 0 saturated carbocycles. The first kappa shape index (κ1) is 22.2. The number of carbonyl (C=O) groups is 2. The van der Waals surface area contributed by atoms with E-state index in [1.165, 1.54) is 11.1 Å². The Hall–Kier alpha value is -4.03. The van der Waals surface area contributed by atoms with Crippen LogP contribution in [-0.2, 0) is 0 Å². The van der Waals surface area contributed by atoms with Gasteiger partial charge in [-0.3, -0.25) is 4.79 Å². The molecule has 1 saturated heterocycles. The van der Waals surface area contributed by atoms with Crippen molar-refractivity contribution in [3.63, 3.8) is 0 Å². The van der Waals surface area contributed by atoms with Crippen molar-refractivity contribution >= 4 is 35.0 Å². The van der Waals surface area contributed by atoms with Crippen LogP contribution in [0.25, 0.3) is 5.69 Å². The van der Waals surface area contributed by atoms with Crippen molar-refractivity contribution in [2.24, 2.45) is 0 Å². The van der Waals surface area contributed by atoms with Gasteiger partial charge < -0.3 is 20.2 Å². The first-order valence-corrected chi connectivity index (χ1v) is 10.6. The molecule has 33 heavy (non-hydrogen) atoms. The highest BCUT2D eigenvalue weighted by Crippen LogP contribution is 2.26. The average molecular weight is 465 g/mol. The van der Waals surface area contributed by atoms with Gasteiger partial charge in [0.05, 0.1) is 34.4 Å². The van der Waals surface area contributed by atoms with Crippen molar-refractivity contribution in [2.45, 2.75) is 6.92 Å². The molecule has 0 unspecified atom stereocenters. The van der Waals surface area contributed by atoms with E-state index in [0.717, 1.165) is 5.69 Å². The van der Waals surface area contributed by atoms with E-state index in [1.54, 1.807) is 41.9 Å². The van der Waals surface area contributed by atoms with Gasteiger partial charge >= 0.3 is 6.09 Å². The zero-order valence-electron chi connectivity index (χ0n) is 17.8. The predicted molar refractivity (Wildman–Crippen MR) is 124 cm³/mol. The molecule has 0 radical (unpaired) electrons. The van der Waals surface area contributed by atoms with Crippen LogP contribution in [0.15, 0.2) is 48.7 Å². The highest BCUT2D eigenvalue weighted by atomic mass is 35.5. The number of hydrogen-bond donors (Lipinski definition) is 2. The summed E-state index contributed by atoms with van der Waals surface area (Å²) in [5, 5.41) is 26.5. The maximum atomic E-state index is 12.9. The minimum absolute atomic E-state index is 0.334. The van der Waals surface area contributed by atoms with Crippen molar-refractivity contribution in [1.82, 2.24) is 14.7 Å². The quantitative estimate of drug-likeness (QED) is 0.607. The standard InChI is InChI=1S/C23H21ClN6O3/c1-15-20(14-26-30(15)19-5-2-17(24)3-6-19)22(31)27-18-4-7-21(16(12-18)13-25)28-8-10-29(11-9-28)23(32)33/h2-7,12,14H,8-11H2,1H3,(H,27,31)(H,32,33). The minimum Gasteiger partial charge on any atom is -0.465 e. The third-order valence-corrected chi connectivity index (χ3v) is 5.84. The topological polar surface area (TPSA) is 114 Å². The molecule has 1 fully saturated rings. The van der Waals surface area contributed by atoms with Crippen LogP contribution < -0.4 is 10.2 Å². The summed E-state index contributed by atoms with van der Waals surface area (Å²) >= 11 is 5.94. The van der Waals surface area contributed by atoms with Crippen LogP contribution in [0.5, 0.6) is 0 Å². The molecule has 0 bridgehead atoms. The molecule has 10 heteroatoms. The molecule has 2 N–H and O–H groups in total. The van der Waals surface area contributed by atoms with E-state index in [9.17, 15) is 14.9 Å². The van der Waals surface area contributed by atoms with E-state index in [2.05, 4.69) is 16.5 Å². The summed E-state index contributed by atoms with van der Waals surface area (Å²) in [6, 6.07) is 14.4. The highest BCUT2D eigenvalue weighted by Gasteiger charge is 2.23. The zero-order chi connectivity index (χ0) is 23.5. The number of carbonyl (C=O) groups excluding carboxylic acids is 1. The van der Waals surface area contributed by atoms with Gasteiger partial charge in [0.1, 0.15) is 6.07 Å². The van der Waals surface area contributed by atoms with Gasteiger partial charge in [0.25, 0.3) is 5.91 Å². The lowest BCUT2D eigenvalue weighted by atomic mass is 10.1. The van der Waals surface area contributed by atoms with Crippen LogP contribution in [0.1, 0.15) is 21.6 Å². The van der Waals surface area contributed by atoms with Gasteiger partial charge in [0, 0.05) is 36.9 Å². The fraction of sp³-hybridized carbons (Fsp3) is 0.217. The number of piperazine rings is 1. The van der Waals surface area contributed by atoms with Gasteiger partial charge in [-0.25, -0.2) is 9.48 Å². The molecule has 1 aromatic heterocycles. The fourth-order valence-electron chi connectivity index (χ4n) is 3.79. The first-order chi connectivity index (χ1) is 15.9. The van der Waals surface area contributed by atoms with Crippen molar-refractivity contribution in [3.8, 4) is 11.8 Å². The van der Waals surface area contributed by atoms with E-state index in [1.807, 2.05) is 17.0 Å². The van der Waals surface area contributed by atoms with Crippen LogP contribution in [0.4, 0.5) is 16.2 Å². The van der Waals surface area contributed by atoms with Gasteiger partial charge in [-0.1, -0.05) is 11.6 Å². The summed E-state index contributed by atoms with van der Waals surface area (Å²) in [6.45, 7) is 3.54. The molecule has 2 amide bonds. The smallest absolute Gasteiger partial charge is 0.407 e. The Morgan fingerprint density at radius 3 is 2.45 bits per heavy atom. The van der Waals surface area contributed by atoms with Gasteiger partial charge in [-0.05, 0) is 49.4 Å². The summed E-state index contributed by atoms with van der Waals surface area (Å²) < 4.78 is 1.66. The fourth-order valence-corrected chi connectivity index (χ4v) is 3.92. The van der Waals surface area contributed by atoms with E-state index in [0.29, 0.717) is 59.4 Å². The number of rotatable bonds is 4. The van der Waals surface area contributed by atoms with Crippen LogP contribution in [0.3, 0.4) is 0 Å². The van der Waals surface area contributed by atoms with Gasteiger partial charge in [0.15, 0.2) is 0 Å². The van der Waals surface area contributed by atoms with Crippen molar-refractivity contribution in [3.05, 3.63) is 70.5 Å². The highest BCUT2D eigenvalue weighted by molar-refractivity contribution is 6.30. The second kappa shape index (κ2) is 9.22. The van der Waals surface area contributed by atoms with Crippen molar-refractivity contribution in [1.29, 1.82) is 5.26 Å². The summed E-state index contributed by atoms with van der Waals surface area (Å²) in [7, 11) is 0. The molecule has 9 nitrogen and oxygen atoms in total. The molecule has 2 heterocycles. The van der Waals surface area contributed by atoms with Crippen LogP contribution in [-0.4, -0.2) is 58.0 Å². The molecular weight excluding hydrogens is 444 g/mol. The molecule has 168 valence electrons. The number of nitriles is 1. The SMILES string of the molecule is Cc1c(C(=O)Nc2ccc(N3CCN(C(=O)O)CC3)c(C#N)c2)cnn1-c1ccc(Cl)cc1. The first-order valence-electron chi connectivity index (χ1n) is 10.3. The minimum atomic E-state index is -0.942. The van der Waals surface area contributed by atoms with E-state index in [-0.39, 0.29) is 5.91 Å². The van der Waals surface area contributed by atoms with Gasteiger partial charge in [-0.15, -0.1) is 0 Å². The zero-order valence-corrected chi connectivity index (χ0v) is 18.6. The number of hydrogen-bond acceptors (Lipinski definition) is 5. The normalized spacial score (nSPS) is 13.5. The average Bonchev–Trinajstić information content (AvgIpc) is 3.21. The molecule has 0 atom stereocenters. The lowest BCUT2D eigenvalue weighted by Crippen LogP contribution is -2.48. The van der Waals surface area contributed by atoms with Crippen LogP contribution in [0, 0.1) is 18.3 Å². The number of halogens is 1. The maximum absolute atomic E-state index is 12.9. The molecule has 0 spiro atoms. The monoisotopic (exact) mass is 464 g/mol. The molecule has 4 rings (SSSR count). The van der Waals surface area contributed by atoms with Crippen LogP contribution >= 0.6 is 11.6 Å². The number of carboxylic acid groups (broad SMARTS) is 1. The molecule has 1 aliphatic rings. The largest absolute Gasteiger partial charge is 0.465 e. The summed E-state index contributed by atoms with van der Waals surface area (Å²) in [5.41, 5.74) is 3.48. The summed E-state index contributed by atoms with van der Waals surface area (Å²) in [6.07, 6.45) is 0.559. The molecule has 0 aliphatic carbocycles. The number of benzene rings is 2. The second-order valence-electron chi connectivity index (χ2n) is 7.59. The van der Waals surface area contributed by atoms with Gasteiger partial charge in [-0.2, -0.15) is 10.4 Å². The lowest BCUT2D eigenvalue weighted by Gasteiger charge is -2.35. The predicted octanol–water partition coefficient (Wildman–Crippen LogP) is 3.76. The summed E-state index contributed by atoms with van der Waals surface area (Å²) in [4.78, 5) is 27.3. The Morgan fingerprint density at radius 2 is 1.82 bits per heavy atom.